The Kier molecular flexibility index (Phi) is 5.85. The Hall–Kier alpha value is -2.33. The Morgan fingerprint density at radius 2 is 2.00 bits per heavy atom. The third-order valence-corrected chi connectivity index (χ3v) is 5.53. The van der Waals surface area contributed by atoms with Gasteiger partial charge in [0, 0.05) is 12.0 Å². The van der Waals surface area contributed by atoms with Gasteiger partial charge in [-0.25, -0.2) is 0 Å². The van der Waals surface area contributed by atoms with Crippen molar-refractivity contribution in [3.8, 4) is 11.5 Å². The van der Waals surface area contributed by atoms with Crippen molar-refractivity contribution in [3.63, 3.8) is 0 Å². The summed E-state index contributed by atoms with van der Waals surface area (Å²) < 4.78 is 11.2. The van der Waals surface area contributed by atoms with E-state index in [1.807, 2.05) is 39.0 Å². The zero-order valence-corrected chi connectivity index (χ0v) is 16.8. The molecule has 0 spiro atoms. The molecule has 2 aromatic rings. The molecular formula is C17H20N4O4S2. The molecule has 2 amide bonds. The van der Waals surface area contributed by atoms with Crippen LogP contribution in [0.2, 0.25) is 0 Å². The van der Waals surface area contributed by atoms with Crippen LogP contribution in [0.15, 0.2) is 22.5 Å². The Balaban J connectivity index is 1.43. The largest absolute Gasteiger partial charge is 0.454 e. The van der Waals surface area contributed by atoms with E-state index >= 15 is 0 Å². The highest BCUT2D eigenvalue weighted by atomic mass is 32.2. The van der Waals surface area contributed by atoms with Crippen LogP contribution < -0.4 is 20.1 Å². The molecule has 0 atom stereocenters. The number of fused-ring (bicyclic) bond motifs is 1. The van der Waals surface area contributed by atoms with Crippen LogP contribution in [-0.2, 0) is 16.1 Å². The average Bonchev–Trinajstić information content (AvgIpc) is 3.25. The highest BCUT2D eigenvalue weighted by Gasteiger charge is 2.22. The fourth-order valence-corrected chi connectivity index (χ4v) is 3.61. The molecule has 1 aromatic carbocycles. The number of aromatic nitrogens is 2. The highest BCUT2D eigenvalue weighted by molar-refractivity contribution is 8.01. The molecule has 0 bridgehead atoms. The normalized spacial score (nSPS) is 12.7. The number of nitrogens with zero attached hydrogens (tertiary/aromatic N) is 2. The van der Waals surface area contributed by atoms with E-state index in [1.165, 1.54) is 23.1 Å². The van der Waals surface area contributed by atoms with Crippen molar-refractivity contribution in [1.82, 2.24) is 15.5 Å². The Labute approximate surface area is 165 Å². The summed E-state index contributed by atoms with van der Waals surface area (Å²) >= 11 is 2.52. The van der Waals surface area contributed by atoms with Gasteiger partial charge < -0.3 is 20.1 Å². The second kappa shape index (κ2) is 8.13. The van der Waals surface area contributed by atoms with E-state index in [2.05, 4.69) is 20.8 Å². The molecule has 10 heteroatoms. The van der Waals surface area contributed by atoms with Gasteiger partial charge in [0.2, 0.25) is 23.7 Å². The van der Waals surface area contributed by atoms with Crippen molar-refractivity contribution >= 4 is 40.0 Å². The smallest absolute Gasteiger partial charge is 0.231 e. The molecule has 0 saturated heterocycles. The maximum absolute atomic E-state index is 12.0. The Morgan fingerprint density at radius 1 is 1.22 bits per heavy atom. The predicted molar refractivity (Wildman–Crippen MR) is 103 cm³/mol. The molecule has 27 heavy (non-hydrogen) atoms. The number of nitrogens with one attached hydrogen (secondary N) is 2. The molecule has 0 saturated carbocycles. The highest BCUT2D eigenvalue weighted by Crippen LogP contribution is 2.32. The lowest BCUT2D eigenvalue weighted by atomic mass is 9.96. The van der Waals surface area contributed by atoms with E-state index in [9.17, 15) is 9.59 Å². The van der Waals surface area contributed by atoms with E-state index in [4.69, 9.17) is 9.47 Å². The van der Waals surface area contributed by atoms with Crippen LogP contribution in [0.25, 0.3) is 0 Å². The molecule has 2 N–H and O–H groups in total. The monoisotopic (exact) mass is 408 g/mol. The number of ether oxygens (including phenoxy) is 2. The number of thioether (sulfide) groups is 1. The quantitative estimate of drug-likeness (QED) is 0.559. The van der Waals surface area contributed by atoms with E-state index in [0.29, 0.717) is 27.5 Å². The molecule has 1 aliphatic rings. The van der Waals surface area contributed by atoms with Crippen LogP contribution in [0.1, 0.15) is 26.3 Å². The maximum atomic E-state index is 12.0. The average molecular weight is 409 g/mol. The fourth-order valence-electron chi connectivity index (χ4n) is 2.03. The van der Waals surface area contributed by atoms with Crippen LogP contribution in [0, 0.1) is 5.41 Å². The van der Waals surface area contributed by atoms with Crippen LogP contribution in [0.5, 0.6) is 11.5 Å². The van der Waals surface area contributed by atoms with Gasteiger partial charge in [0.1, 0.15) is 0 Å². The molecule has 2 heterocycles. The minimum atomic E-state index is -0.506. The molecular weight excluding hydrogens is 388 g/mol. The standard InChI is InChI=1S/C17H20N4O4S2/c1-17(2,3)14(23)19-15-20-21-16(27-15)26-8-13(22)18-7-10-4-5-11-12(6-10)25-9-24-11/h4-6H,7-9H2,1-3H3,(H,18,22)(H,19,20,23). The lowest BCUT2D eigenvalue weighted by molar-refractivity contribution is -0.123. The summed E-state index contributed by atoms with van der Waals surface area (Å²) in [6.07, 6.45) is 0. The van der Waals surface area contributed by atoms with Gasteiger partial charge in [-0.2, -0.15) is 0 Å². The summed E-state index contributed by atoms with van der Waals surface area (Å²) in [5.41, 5.74) is 0.425. The first-order chi connectivity index (χ1) is 12.8. The van der Waals surface area contributed by atoms with Crippen molar-refractivity contribution in [2.75, 3.05) is 17.9 Å². The van der Waals surface area contributed by atoms with Crippen LogP contribution in [0.4, 0.5) is 5.13 Å². The fraction of sp³-hybridized carbons (Fsp3) is 0.412. The van der Waals surface area contributed by atoms with Crippen molar-refractivity contribution in [3.05, 3.63) is 23.8 Å². The number of hydrogen-bond acceptors (Lipinski definition) is 8. The third-order valence-electron chi connectivity index (χ3n) is 3.56. The number of carbonyl (C=O) groups excluding carboxylic acids is 2. The van der Waals surface area contributed by atoms with E-state index in [0.717, 1.165) is 5.56 Å². The SMILES string of the molecule is CC(C)(C)C(=O)Nc1nnc(SCC(=O)NCc2ccc3c(c2)OCO3)s1. The molecule has 0 aliphatic carbocycles. The zero-order valence-electron chi connectivity index (χ0n) is 15.2. The molecule has 144 valence electrons. The van der Waals surface area contributed by atoms with Crippen molar-refractivity contribution < 1.29 is 19.1 Å². The number of amides is 2. The number of carbonyl (C=O) groups is 2. The zero-order chi connectivity index (χ0) is 19.4. The Bertz CT molecular complexity index is 848. The van der Waals surface area contributed by atoms with Crippen molar-refractivity contribution in [1.29, 1.82) is 0 Å². The minimum absolute atomic E-state index is 0.117. The number of hydrogen-bond donors (Lipinski definition) is 2. The molecule has 1 aromatic heterocycles. The molecule has 3 rings (SSSR count). The second-order valence-electron chi connectivity index (χ2n) is 6.83. The molecule has 0 fully saturated rings. The van der Waals surface area contributed by atoms with E-state index in [-0.39, 0.29) is 24.4 Å². The minimum Gasteiger partial charge on any atom is -0.454 e. The summed E-state index contributed by atoms with van der Waals surface area (Å²) in [4.78, 5) is 24.0. The third kappa shape index (κ3) is 5.33. The van der Waals surface area contributed by atoms with Gasteiger partial charge in [-0.3, -0.25) is 9.59 Å². The van der Waals surface area contributed by atoms with Crippen LogP contribution >= 0.6 is 23.1 Å². The molecule has 0 radical (unpaired) electrons. The molecule has 8 nitrogen and oxygen atoms in total. The number of benzene rings is 1. The summed E-state index contributed by atoms with van der Waals surface area (Å²) in [6, 6.07) is 5.56. The van der Waals surface area contributed by atoms with E-state index in [1.54, 1.807) is 0 Å². The van der Waals surface area contributed by atoms with Crippen molar-refractivity contribution in [2.45, 2.75) is 31.7 Å². The lowest BCUT2D eigenvalue weighted by Crippen LogP contribution is -2.27. The number of anilines is 1. The Morgan fingerprint density at radius 3 is 2.78 bits per heavy atom. The van der Waals surface area contributed by atoms with Gasteiger partial charge in [-0.1, -0.05) is 49.9 Å². The first-order valence-electron chi connectivity index (χ1n) is 8.24. The number of rotatable bonds is 6. The van der Waals surface area contributed by atoms with Gasteiger partial charge in [-0.15, -0.1) is 10.2 Å². The van der Waals surface area contributed by atoms with Gasteiger partial charge >= 0.3 is 0 Å². The molecule has 0 unspecified atom stereocenters. The maximum Gasteiger partial charge on any atom is 0.231 e. The summed E-state index contributed by atoms with van der Waals surface area (Å²) in [7, 11) is 0. The van der Waals surface area contributed by atoms with Gasteiger partial charge in [0.25, 0.3) is 0 Å². The van der Waals surface area contributed by atoms with E-state index < -0.39 is 5.41 Å². The van der Waals surface area contributed by atoms with Crippen LogP contribution in [0.3, 0.4) is 0 Å². The van der Waals surface area contributed by atoms with Crippen molar-refractivity contribution in [2.24, 2.45) is 5.41 Å². The summed E-state index contributed by atoms with van der Waals surface area (Å²) in [5, 5.41) is 13.9. The van der Waals surface area contributed by atoms with Gasteiger partial charge in [0.15, 0.2) is 15.8 Å². The topological polar surface area (TPSA) is 102 Å². The lowest BCUT2D eigenvalue weighted by Gasteiger charge is -2.15. The first kappa shape index (κ1) is 19.4. The van der Waals surface area contributed by atoms with Crippen LogP contribution in [-0.4, -0.2) is 34.6 Å². The molecule has 1 aliphatic heterocycles. The van der Waals surface area contributed by atoms with Gasteiger partial charge in [-0.05, 0) is 17.7 Å². The van der Waals surface area contributed by atoms with Gasteiger partial charge in [0.05, 0.1) is 5.75 Å². The summed E-state index contributed by atoms with van der Waals surface area (Å²) in [5.74, 6) is 1.37. The summed E-state index contributed by atoms with van der Waals surface area (Å²) in [6.45, 7) is 6.09. The predicted octanol–water partition coefficient (Wildman–Crippen LogP) is 2.66. The second-order valence-corrected chi connectivity index (χ2v) is 9.03. The first-order valence-corrected chi connectivity index (χ1v) is 10.0.